The minimum atomic E-state index is -0.190. The quantitative estimate of drug-likeness (QED) is 0.514. The van der Waals surface area contributed by atoms with Gasteiger partial charge >= 0.3 is 0 Å². The zero-order valence-corrected chi connectivity index (χ0v) is 17.8. The third-order valence-corrected chi connectivity index (χ3v) is 6.66. The Bertz CT molecular complexity index is 984. The van der Waals surface area contributed by atoms with Crippen molar-refractivity contribution >= 4 is 51.0 Å². The van der Waals surface area contributed by atoms with Gasteiger partial charge in [0.2, 0.25) is 0 Å². The summed E-state index contributed by atoms with van der Waals surface area (Å²) in [6, 6.07) is 14.1. The lowest BCUT2D eigenvalue weighted by Gasteiger charge is -2.04. The molecule has 1 heterocycles. The molecule has 0 spiro atoms. The average molecular weight is 403 g/mol. The SMILES string of the molecule is CCn1c(=NC(=O)c2ccc(SC(C)C)cc2)sc2cc(SC)ccc21. The maximum atomic E-state index is 12.6. The maximum absolute atomic E-state index is 12.6. The number of carbonyl (C=O) groups is 1. The van der Waals surface area contributed by atoms with E-state index in [4.69, 9.17) is 0 Å². The molecule has 2 aromatic carbocycles. The van der Waals surface area contributed by atoms with Crippen LogP contribution in [-0.4, -0.2) is 22.0 Å². The average Bonchev–Trinajstić information content (AvgIpc) is 2.97. The molecule has 0 aliphatic heterocycles. The lowest BCUT2D eigenvalue weighted by atomic mass is 10.2. The van der Waals surface area contributed by atoms with Crippen LogP contribution in [0, 0.1) is 0 Å². The van der Waals surface area contributed by atoms with Gasteiger partial charge in [-0.1, -0.05) is 25.2 Å². The van der Waals surface area contributed by atoms with Crippen LogP contribution in [0.25, 0.3) is 10.2 Å². The van der Waals surface area contributed by atoms with Gasteiger partial charge in [-0.2, -0.15) is 4.99 Å². The highest BCUT2D eigenvalue weighted by Crippen LogP contribution is 2.25. The Balaban J connectivity index is 1.97. The van der Waals surface area contributed by atoms with E-state index in [2.05, 4.69) is 54.8 Å². The van der Waals surface area contributed by atoms with Crippen LogP contribution in [0.1, 0.15) is 31.1 Å². The number of carbonyl (C=O) groups excluding carboxylic acids is 1. The third kappa shape index (κ3) is 4.24. The predicted molar refractivity (Wildman–Crippen MR) is 115 cm³/mol. The Labute approximate surface area is 166 Å². The molecular weight excluding hydrogens is 380 g/mol. The predicted octanol–water partition coefficient (Wildman–Crippen LogP) is 5.69. The molecule has 0 N–H and O–H groups in total. The molecule has 0 bridgehead atoms. The lowest BCUT2D eigenvalue weighted by Crippen LogP contribution is -2.15. The first-order valence-electron chi connectivity index (χ1n) is 8.55. The van der Waals surface area contributed by atoms with Crippen molar-refractivity contribution in [3.05, 3.63) is 52.8 Å². The monoisotopic (exact) mass is 402 g/mol. The van der Waals surface area contributed by atoms with Gasteiger partial charge in [0.25, 0.3) is 5.91 Å². The minimum Gasteiger partial charge on any atom is -0.317 e. The molecule has 0 fully saturated rings. The molecule has 0 aliphatic rings. The summed E-state index contributed by atoms with van der Waals surface area (Å²) in [4.78, 5) is 20.2. The van der Waals surface area contributed by atoms with E-state index in [9.17, 15) is 4.79 Å². The molecule has 0 atom stereocenters. The molecule has 0 aliphatic carbocycles. The van der Waals surface area contributed by atoms with E-state index in [0.29, 0.717) is 10.8 Å². The summed E-state index contributed by atoms with van der Waals surface area (Å²) in [5.41, 5.74) is 1.76. The Morgan fingerprint density at radius 1 is 1.15 bits per heavy atom. The molecule has 3 aromatic rings. The number of aromatic nitrogens is 1. The number of aryl methyl sites for hydroxylation is 1. The normalized spacial score (nSPS) is 12.3. The van der Waals surface area contributed by atoms with Crippen molar-refractivity contribution in [2.24, 2.45) is 4.99 Å². The lowest BCUT2D eigenvalue weighted by molar-refractivity contribution is 0.0998. The second-order valence-corrected chi connectivity index (χ2v) is 9.61. The van der Waals surface area contributed by atoms with Crippen LogP contribution >= 0.6 is 34.9 Å². The molecule has 1 aromatic heterocycles. The van der Waals surface area contributed by atoms with Crippen molar-refractivity contribution in [3.63, 3.8) is 0 Å². The molecule has 0 saturated heterocycles. The van der Waals surface area contributed by atoms with E-state index in [0.717, 1.165) is 21.6 Å². The number of fused-ring (bicyclic) bond motifs is 1. The molecule has 136 valence electrons. The van der Waals surface area contributed by atoms with Gasteiger partial charge in [-0.3, -0.25) is 4.79 Å². The van der Waals surface area contributed by atoms with E-state index < -0.39 is 0 Å². The van der Waals surface area contributed by atoms with Crippen LogP contribution in [0.3, 0.4) is 0 Å². The highest BCUT2D eigenvalue weighted by Gasteiger charge is 2.09. The second-order valence-electron chi connectivity index (χ2n) is 6.07. The first-order chi connectivity index (χ1) is 12.5. The van der Waals surface area contributed by atoms with Crippen LogP contribution in [0.4, 0.5) is 0 Å². The zero-order chi connectivity index (χ0) is 18.7. The van der Waals surface area contributed by atoms with Crippen LogP contribution in [-0.2, 0) is 6.54 Å². The van der Waals surface area contributed by atoms with Crippen molar-refractivity contribution in [2.75, 3.05) is 6.26 Å². The van der Waals surface area contributed by atoms with E-state index in [1.807, 2.05) is 24.3 Å². The van der Waals surface area contributed by atoms with Crippen LogP contribution in [0.15, 0.2) is 57.2 Å². The Kier molecular flexibility index (Phi) is 6.27. The summed E-state index contributed by atoms with van der Waals surface area (Å²) in [5.74, 6) is -0.190. The van der Waals surface area contributed by atoms with Crippen molar-refractivity contribution < 1.29 is 4.79 Å². The summed E-state index contributed by atoms with van der Waals surface area (Å²) in [7, 11) is 0. The minimum absolute atomic E-state index is 0.190. The van der Waals surface area contributed by atoms with E-state index in [1.54, 1.807) is 34.9 Å². The van der Waals surface area contributed by atoms with Crippen LogP contribution in [0.5, 0.6) is 0 Å². The number of rotatable bonds is 5. The molecule has 0 radical (unpaired) electrons. The summed E-state index contributed by atoms with van der Waals surface area (Å²) in [5, 5.41) is 0.523. The summed E-state index contributed by atoms with van der Waals surface area (Å²) in [6.07, 6.45) is 2.07. The smallest absolute Gasteiger partial charge is 0.279 e. The van der Waals surface area contributed by atoms with Gasteiger partial charge in [-0.25, -0.2) is 0 Å². The van der Waals surface area contributed by atoms with Crippen molar-refractivity contribution in [2.45, 2.75) is 42.4 Å². The molecule has 3 nitrogen and oxygen atoms in total. The number of hydrogen-bond donors (Lipinski definition) is 0. The van der Waals surface area contributed by atoms with Crippen molar-refractivity contribution in [3.8, 4) is 0 Å². The topological polar surface area (TPSA) is 34.4 Å². The van der Waals surface area contributed by atoms with Gasteiger partial charge in [-0.15, -0.1) is 23.5 Å². The summed E-state index contributed by atoms with van der Waals surface area (Å²) >= 11 is 5.08. The van der Waals surface area contributed by atoms with Gasteiger partial charge in [0.05, 0.1) is 10.2 Å². The fraction of sp³-hybridized carbons (Fsp3) is 0.300. The van der Waals surface area contributed by atoms with Crippen LogP contribution < -0.4 is 4.80 Å². The van der Waals surface area contributed by atoms with Gasteiger partial charge in [0.15, 0.2) is 4.80 Å². The third-order valence-electron chi connectivity index (χ3n) is 3.88. The number of thioether (sulfide) groups is 2. The molecule has 3 rings (SSSR count). The largest absolute Gasteiger partial charge is 0.317 e. The second kappa shape index (κ2) is 8.46. The highest BCUT2D eigenvalue weighted by atomic mass is 32.2. The Morgan fingerprint density at radius 2 is 1.85 bits per heavy atom. The van der Waals surface area contributed by atoms with E-state index >= 15 is 0 Å². The first-order valence-corrected chi connectivity index (χ1v) is 11.5. The molecule has 0 saturated carbocycles. The summed E-state index contributed by atoms with van der Waals surface area (Å²) < 4.78 is 3.26. The van der Waals surface area contributed by atoms with Gasteiger partial charge in [-0.05, 0) is 55.6 Å². The number of amides is 1. The van der Waals surface area contributed by atoms with Crippen molar-refractivity contribution in [1.82, 2.24) is 4.57 Å². The fourth-order valence-corrected chi connectivity index (χ4v) is 5.15. The van der Waals surface area contributed by atoms with E-state index in [-0.39, 0.29) is 5.91 Å². The molecule has 6 heteroatoms. The highest BCUT2D eigenvalue weighted by molar-refractivity contribution is 8.00. The van der Waals surface area contributed by atoms with Gasteiger partial charge < -0.3 is 4.57 Å². The summed E-state index contributed by atoms with van der Waals surface area (Å²) in [6.45, 7) is 7.18. The molecule has 26 heavy (non-hydrogen) atoms. The number of thiazole rings is 1. The number of nitrogens with zero attached hydrogens (tertiary/aromatic N) is 2. The molecule has 0 unspecified atom stereocenters. The Morgan fingerprint density at radius 3 is 2.46 bits per heavy atom. The number of benzene rings is 2. The maximum Gasteiger partial charge on any atom is 0.279 e. The van der Waals surface area contributed by atoms with Gasteiger partial charge in [0.1, 0.15) is 0 Å². The zero-order valence-electron chi connectivity index (χ0n) is 15.4. The number of hydrogen-bond acceptors (Lipinski definition) is 4. The standard InChI is InChI=1S/C20H22N2OS3/c1-5-22-17-11-10-16(24-4)12-18(17)26-20(22)21-19(23)14-6-8-15(9-7-14)25-13(2)3/h6-13H,5H2,1-4H3. The Hall–Kier alpha value is -1.50. The first kappa shape index (κ1) is 19.3. The van der Waals surface area contributed by atoms with Crippen LogP contribution in [0.2, 0.25) is 0 Å². The molecule has 1 amide bonds. The molecular formula is C20H22N2OS3. The van der Waals surface area contributed by atoms with Crippen molar-refractivity contribution in [1.29, 1.82) is 0 Å². The van der Waals surface area contributed by atoms with Gasteiger partial charge in [0, 0.05) is 27.1 Å². The van der Waals surface area contributed by atoms with E-state index in [1.165, 1.54) is 9.79 Å². The fourth-order valence-electron chi connectivity index (χ4n) is 2.67.